The maximum atomic E-state index is 13.5. The number of piperazine rings is 1. The highest BCUT2D eigenvalue weighted by Gasteiger charge is 2.25. The first-order chi connectivity index (χ1) is 21.8. The predicted molar refractivity (Wildman–Crippen MR) is 169 cm³/mol. The van der Waals surface area contributed by atoms with Gasteiger partial charge in [-0.3, -0.25) is 19.2 Å². The normalized spacial score (nSPS) is 13.5. The minimum absolute atomic E-state index is 0.0456. The predicted octanol–water partition coefficient (Wildman–Crippen LogP) is 4.92. The summed E-state index contributed by atoms with van der Waals surface area (Å²) in [5, 5.41) is 15.1. The summed E-state index contributed by atoms with van der Waals surface area (Å²) < 4.78 is 13.5. The van der Waals surface area contributed by atoms with E-state index in [9.17, 15) is 28.7 Å². The third-order valence-corrected chi connectivity index (χ3v) is 7.63. The SMILES string of the molecule is O=C(O)CC(NC(=O)c1ccc(N2CCN(C(=O)c3ccccc3)CC2)c(NC(=O)Cc2ccccc2)c1)c1ccc(F)cc1. The van der Waals surface area contributed by atoms with Gasteiger partial charge in [0, 0.05) is 37.3 Å². The molecule has 0 aromatic heterocycles. The van der Waals surface area contributed by atoms with Crippen molar-refractivity contribution in [2.75, 3.05) is 36.4 Å². The Balaban J connectivity index is 1.37. The van der Waals surface area contributed by atoms with Crippen LogP contribution in [0.15, 0.2) is 103 Å². The van der Waals surface area contributed by atoms with E-state index in [1.54, 1.807) is 35.2 Å². The van der Waals surface area contributed by atoms with E-state index < -0.39 is 30.2 Å². The molecule has 9 nitrogen and oxygen atoms in total. The van der Waals surface area contributed by atoms with E-state index in [1.807, 2.05) is 48.5 Å². The standard InChI is InChI=1S/C35H33FN4O5/c36-28-14-11-25(12-15-28)29(23-33(42)43)38-34(44)27-13-16-31(30(22-27)37-32(41)21-24-7-3-1-4-8-24)39-17-19-40(20-18-39)35(45)26-9-5-2-6-10-26/h1-16,22,29H,17-21,23H2,(H,37,41)(H,38,44)(H,42,43). The molecule has 5 rings (SSSR count). The topological polar surface area (TPSA) is 119 Å². The number of aliphatic carboxylic acids is 1. The van der Waals surface area contributed by atoms with Gasteiger partial charge >= 0.3 is 5.97 Å². The molecule has 230 valence electrons. The Morgan fingerprint density at radius 3 is 2.07 bits per heavy atom. The lowest BCUT2D eigenvalue weighted by Gasteiger charge is -2.37. The van der Waals surface area contributed by atoms with E-state index in [4.69, 9.17) is 0 Å². The van der Waals surface area contributed by atoms with E-state index in [1.165, 1.54) is 24.3 Å². The molecule has 10 heteroatoms. The lowest BCUT2D eigenvalue weighted by Crippen LogP contribution is -2.49. The van der Waals surface area contributed by atoms with Crippen LogP contribution in [0.3, 0.4) is 0 Å². The van der Waals surface area contributed by atoms with Gasteiger partial charge in [0.2, 0.25) is 5.91 Å². The lowest BCUT2D eigenvalue weighted by atomic mass is 10.0. The fourth-order valence-electron chi connectivity index (χ4n) is 5.31. The number of benzene rings is 4. The maximum absolute atomic E-state index is 13.5. The third-order valence-electron chi connectivity index (χ3n) is 7.63. The molecule has 1 heterocycles. The molecule has 1 aliphatic rings. The van der Waals surface area contributed by atoms with Gasteiger partial charge in [0.25, 0.3) is 11.8 Å². The largest absolute Gasteiger partial charge is 0.481 e. The molecule has 1 atom stereocenters. The van der Waals surface area contributed by atoms with Gasteiger partial charge in [0.05, 0.1) is 30.3 Å². The van der Waals surface area contributed by atoms with Crippen LogP contribution < -0.4 is 15.5 Å². The summed E-state index contributed by atoms with van der Waals surface area (Å²) >= 11 is 0. The van der Waals surface area contributed by atoms with E-state index in [0.29, 0.717) is 48.7 Å². The summed E-state index contributed by atoms with van der Waals surface area (Å²) in [6.45, 7) is 1.97. The van der Waals surface area contributed by atoms with Crippen molar-refractivity contribution < 1.29 is 28.7 Å². The summed E-state index contributed by atoms with van der Waals surface area (Å²) in [4.78, 5) is 54.9. The molecular formula is C35H33FN4O5. The second-order valence-corrected chi connectivity index (χ2v) is 10.8. The maximum Gasteiger partial charge on any atom is 0.305 e. The highest BCUT2D eigenvalue weighted by Crippen LogP contribution is 2.30. The van der Waals surface area contributed by atoms with Gasteiger partial charge in [0.15, 0.2) is 0 Å². The third kappa shape index (κ3) is 8.11. The highest BCUT2D eigenvalue weighted by molar-refractivity contribution is 6.01. The number of rotatable bonds is 10. The molecule has 0 spiro atoms. The van der Waals surface area contributed by atoms with Crippen molar-refractivity contribution in [3.8, 4) is 0 Å². The van der Waals surface area contributed by atoms with E-state index in [-0.39, 0.29) is 23.8 Å². The molecule has 0 bridgehead atoms. The van der Waals surface area contributed by atoms with Crippen LogP contribution in [-0.2, 0) is 16.0 Å². The molecule has 3 N–H and O–H groups in total. The number of amides is 3. The molecule has 1 fully saturated rings. The second kappa shape index (κ2) is 14.3. The first kappa shape index (κ1) is 30.9. The zero-order chi connectivity index (χ0) is 31.8. The molecule has 0 saturated carbocycles. The Hall–Kier alpha value is -5.51. The molecule has 45 heavy (non-hydrogen) atoms. The minimum atomic E-state index is -1.13. The molecule has 0 radical (unpaired) electrons. The number of anilines is 2. The van der Waals surface area contributed by atoms with Gasteiger partial charge in [-0.05, 0) is 53.6 Å². The van der Waals surface area contributed by atoms with Crippen LogP contribution in [0, 0.1) is 5.82 Å². The van der Waals surface area contributed by atoms with Gasteiger partial charge in [0.1, 0.15) is 5.82 Å². The number of carbonyl (C=O) groups excluding carboxylic acids is 3. The van der Waals surface area contributed by atoms with Crippen LogP contribution in [0.25, 0.3) is 0 Å². The Morgan fingerprint density at radius 2 is 1.42 bits per heavy atom. The number of nitrogens with one attached hydrogen (secondary N) is 2. The molecule has 3 amide bonds. The number of nitrogens with zero attached hydrogens (tertiary/aromatic N) is 2. The molecule has 4 aromatic rings. The number of carbonyl (C=O) groups is 4. The van der Waals surface area contributed by atoms with E-state index in [0.717, 1.165) is 5.56 Å². The highest BCUT2D eigenvalue weighted by atomic mass is 19.1. The van der Waals surface area contributed by atoms with Crippen LogP contribution in [0.4, 0.5) is 15.8 Å². The van der Waals surface area contributed by atoms with Crippen LogP contribution >= 0.6 is 0 Å². The van der Waals surface area contributed by atoms with Crippen molar-refractivity contribution in [2.24, 2.45) is 0 Å². The van der Waals surface area contributed by atoms with Gasteiger partial charge in [-0.2, -0.15) is 0 Å². The summed E-state index contributed by atoms with van der Waals surface area (Å²) in [6.07, 6.45) is -0.274. The summed E-state index contributed by atoms with van der Waals surface area (Å²) in [7, 11) is 0. The number of halogens is 1. The monoisotopic (exact) mass is 608 g/mol. The van der Waals surface area contributed by atoms with Gasteiger partial charge in [-0.25, -0.2) is 4.39 Å². The second-order valence-electron chi connectivity index (χ2n) is 10.8. The van der Waals surface area contributed by atoms with Crippen LogP contribution in [-0.4, -0.2) is 59.9 Å². The fourth-order valence-corrected chi connectivity index (χ4v) is 5.31. The Morgan fingerprint density at radius 1 is 0.778 bits per heavy atom. The van der Waals surface area contributed by atoms with Crippen molar-refractivity contribution in [1.82, 2.24) is 10.2 Å². The smallest absolute Gasteiger partial charge is 0.305 e. The van der Waals surface area contributed by atoms with Crippen LogP contribution in [0.5, 0.6) is 0 Å². The van der Waals surface area contributed by atoms with E-state index in [2.05, 4.69) is 15.5 Å². The van der Waals surface area contributed by atoms with Crippen molar-refractivity contribution in [1.29, 1.82) is 0 Å². The van der Waals surface area contributed by atoms with Crippen LogP contribution in [0.2, 0.25) is 0 Å². The summed E-state index contributed by atoms with van der Waals surface area (Å²) in [6, 6.07) is 27.7. The van der Waals surface area contributed by atoms with Crippen molar-refractivity contribution in [2.45, 2.75) is 18.9 Å². The quantitative estimate of drug-likeness (QED) is 0.235. The molecule has 1 unspecified atom stereocenters. The van der Waals surface area contributed by atoms with Crippen molar-refractivity contribution in [3.63, 3.8) is 0 Å². The molecule has 1 aliphatic heterocycles. The Labute approximate surface area is 260 Å². The number of hydrogen-bond acceptors (Lipinski definition) is 5. The first-order valence-electron chi connectivity index (χ1n) is 14.6. The molecule has 4 aromatic carbocycles. The van der Waals surface area contributed by atoms with Crippen LogP contribution in [0.1, 0.15) is 44.3 Å². The molecular weight excluding hydrogens is 575 g/mol. The lowest BCUT2D eigenvalue weighted by molar-refractivity contribution is -0.137. The summed E-state index contributed by atoms with van der Waals surface area (Å²) in [5.74, 6) is -2.47. The fraction of sp³-hybridized carbons (Fsp3) is 0.200. The zero-order valence-corrected chi connectivity index (χ0v) is 24.5. The molecule has 1 saturated heterocycles. The minimum Gasteiger partial charge on any atom is -0.481 e. The number of carboxylic acids is 1. The van der Waals surface area contributed by atoms with Gasteiger partial charge in [-0.1, -0.05) is 60.7 Å². The average Bonchev–Trinajstić information content (AvgIpc) is 3.05. The average molecular weight is 609 g/mol. The zero-order valence-electron chi connectivity index (χ0n) is 24.5. The number of hydrogen-bond donors (Lipinski definition) is 3. The van der Waals surface area contributed by atoms with Gasteiger partial charge < -0.3 is 25.5 Å². The van der Waals surface area contributed by atoms with E-state index >= 15 is 0 Å². The van der Waals surface area contributed by atoms with Crippen molar-refractivity contribution in [3.05, 3.63) is 131 Å². The summed E-state index contributed by atoms with van der Waals surface area (Å²) in [5.41, 5.74) is 3.22. The first-order valence-corrected chi connectivity index (χ1v) is 14.6. The Bertz CT molecular complexity index is 1660. The van der Waals surface area contributed by atoms with Crippen molar-refractivity contribution >= 4 is 35.1 Å². The van der Waals surface area contributed by atoms with Gasteiger partial charge in [-0.15, -0.1) is 0 Å². The Kier molecular flexibility index (Phi) is 9.83. The number of carboxylic acid groups (broad SMARTS) is 1. The molecule has 0 aliphatic carbocycles.